The lowest BCUT2D eigenvalue weighted by Gasteiger charge is -2.44. The first-order valence-corrected chi connectivity index (χ1v) is 14.6. The molecule has 0 saturated carbocycles. The molecule has 0 radical (unpaired) electrons. The summed E-state index contributed by atoms with van der Waals surface area (Å²) in [6, 6.07) is 51.1. The minimum Gasteiger partial charge on any atom is -0.311 e. The number of rotatable bonds is 2. The molecule has 4 heteroatoms. The quantitative estimate of drug-likeness (QED) is 0.210. The van der Waals surface area contributed by atoms with Gasteiger partial charge in [-0.2, -0.15) is 0 Å². The molecule has 0 aliphatic carbocycles. The second kappa shape index (κ2) is 8.35. The minimum absolute atomic E-state index is 0.169. The van der Waals surface area contributed by atoms with Crippen molar-refractivity contribution in [2.45, 2.75) is 0 Å². The van der Waals surface area contributed by atoms with Crippen LogP contribution in [0.2, 0.25) is 0 Å². The number of hydrogen-bond acceptors (Lipinski definition) is 3. The van der Waals surface area contributed by atoms with Gasteiger partial charge in [-0.1, -0.05) is 84.9 Å². The Labute approximate surface area is 237 Å². The van der Waals surface area contributed by atoms with Gasteiger partial charge in [0, 0.05) is 54.3 Å². The lowest BCUT2D eigenvalue weighted by molar-refractivity contribution is 1.26. The number of anilines is 6. The molecule has 9 rings (SSSR count). The zero-order valence-corrected chi connectivity index (χ0v) is 22.5. The van der Waals surface area contributed by atoms with Crippen molar-refractivity contribution in [1.82, 2.24) is 0 Å². The van der Waals surface area contributed by atoms with E-state index >= 15 is 0 Å². The summed E-state index contributed by atoms with van der Waals surface area (Å²) < 4.78 is 2.65. The SMILES string of the molecule is c1ccc(N2c3ccccc3B3c4ccccc4N(c4ccc5c(c4)sc4ccccc45)c4cccc2c43)cc1. The Morgan fingerprint density at radius 2 is 1.00 bits per heavy atom. The predicted octanol–water partition coefficient (Wildman–Crippen LogP) is 8.14. The third-order valence-electron chi connectivity index (χ3n) is 8.44. The number of benzene rings is 6. The Morgan fingerprint density at radius 3 is 1.75 bits per heavy atom. The first kappa shape index (κ1) is 22.1. The van der Waals surface area contributed by atoms with Crippen LogP contribution in [0.15, 0.2) is 140 Å². The van der Waals surface area contributed by atoms with E-state index in [1.165, 1.54) is 70.7 Å². The van der Waals surface area contributed by atoms with E-state index in [9.17, 15) is 0 Å². The van der Waals surface area contributed by atoms with Crippen LogP contribution in [0.25, 0.3) is 20.2 Å². The van der Waals surface area contributed by atoms with Crippen molar-refractivity contribution in [3.8, 4) is 0 Å². The van der Waals surface area contributed by atoms with Gasteiger partial charge in [-0.3, -0.25) is 0 Å². The molecule has 0 atom stereocenters. The zero-order valence-electron chi connectivity index (χ0n) is 21.7. The highest BCUT2D eigenvalue weighted by Crippen LogP contribution is 2.45. The van der Waals surface area contributed by atoms with Crippen molar-refractivity contribution < 1.29 is 0 Å². The van der Waals surface area contributed by atoms with Crippen LogP contribution in [0.3, 0.4) is 0 Å². The summed E-state index contributed by atoms with van der Waals surface area (Å²) in [5, 5.41) is 2.66. The molecule has 0 amide bonds. The fourth-order valence-electron chi connectivity index (χ4n) is 6.82. The van der Waals surface area contributed by atoms with E-state index < -0.39 is 0 Å². The van der Waals surface area contributed by atoms with Crippen LogP contribution >= 0.6 is 11.3 Å². The highest BCUT2D eigenvalue weighted by Gasteiger charge is 2.42. The molecule has 1 aromatic heterocycles. The predicted molar refractivity (Wildman–Crippen MR) is 173 cm³/mol. The first-order chi connectivity index (χ1) is 19.9. The Bertz CT molecular complexity index is 2100. The zero-order chi connectivity index (χ0) is 26.2. The normalized spacial score (nSPS) is 13.3. The summed E-state index contributed by atoms with van der Waals surface area (Å²) in [5.74, 6) is 0. The molecule has 0 saturated heterocycles. The number of fused-ring (bicyclic) bond motifs is 7. The van der Waals surface area contributed by atoms with E-state index in [-0.39, 0.29) is 6.71 Å². The Hall–Kier alpha value is -4.80. The van der Waals surface area contributed by atoms with E-state index in [0.29, 0.717) is 0 Å². The highest BCUT2D eigenvalue weighted by atomic mass is 32.1. The standard InChI is InChI=1S/C36H23BN2S/c1-2-11-24(12-3-1)38-30-16-7-5-14-28(30)37-29-15-6-8-17-31(29)39(33-19-10-18-32(38)36(33)37)25-21-22-27-26-13-4-9-20-34(26)40-35(27)23-25/h1-23H. The summed E-state index contributed by atoms with van der Waals surface area (Å²) in [6.07, 6.45) is 0. The van der Waals surface area contributed by atoms with E-state index in [1.807, 2.05) is 11.3 Å². The lowest BCUT2D eigenvalue weighted by atomic mass is 9.33. The molecule has 7 aromatic rings. The monoisotopic (exact) mass is 526 g/mol. The maximum Gasteiger partial charge on any atom is 0.252 e. The summed E-state index contributed by atoms with van der Waals surface area (Å²) in [4.78, 5) is 4.91. The maximum atomic E-state index is 2.48. The molecule has 2 aliphatic rings. The third-order valence-corrected chi connectivity index (χ3v) is 9.58. The van der Waals surface area contributed by atoms with E-state index in [0.717, 1.165) is 0 Å². The Kier molecular flexibility index (Phi) is 4.61. The summed E-state index contributed by atoms with van der Waals surface area (Å²) in [6.45, 7) is 0.169. The molecule has 0 N–H and O–H groups in total. The van der Waals surface area contributed by atoms with Crippen molar-refractivity contribution in [3.63, 3.8) is 0 Å². The van der Waals surface area contributed by atoms with Crippen LogP contribution in [0, 0.1) is 0 Å². The van der Waals surface area contributed by atoms with Crippen molar-refractivity contribution in [2.75, 3.05) is 9.80 Å². The largest absolute Gasteiger partial charge is 0.311 e. The van der Waals surface area contributed by atoms with Crippen molar-refractivity contribution in [1.29, 1.82) is 0 Å². The number of thiophene rings is 1. The van der Waals surface area contributed by atoms with Gasteiger partial charge in [-0.15, -0.1) is 11.3 Å². The van der Waals surface area contributed by atoms with Crippen molar-refractivity contribution >= 4 is 88.7 Å². The third kappa shape index (κ3) is 3.00. The van der Waals surface area contributed by atoms with Gasteiger partial charge in [0.2, 0.25) is 0 Å². The van der Waals surface area contributed by atoms with Gasteiger partial charge < -0.3 is 9.80 Å². The first-order valence-electron chi connectivity index (χ1n) is 13.7. The van der Waals surface area contributed by atoms with Crippen LogP contribution in [0.4, 0.5) is 34.1 Å². The maximum absolute atomic E-state index is 2.48. The van der Waals surface area contributed by atoms with Crippen LogP contribution in [0.1, 0.15) is 0 Å². The average Bonchev–Trinajstić information content (AvgIpc) is 3.39. The molecule has 0 bridgehead atoms. The van der Waals surface area contributed by atoms with Crippen LogP contribution in [-0.4, -0.2) is 6.71 Å². The molecule has 3 heterocycles. The molecule has 0 unspecified atom stereocenters. The van der Waals surface area contributed by atoms with Gasteiger partial charge in [0.1, 0.15) is 0 Å². The lowest BCUT2D eigenvalue weighted by Crippen LogP contribution is -2.61. The molecule has 2 nitrogen and oxygen atoms in total. The van der Waals surface area contributed by atoms with Gasteiger partial charge in [-0.05, 0) is 71.0 Å². The van der Waals surface area contributed by atoms with Gasteiger partial charge in [0.15, 0.2) is 0 Å². The molecule has 0 fully saturated rings. The molecule has 0 spiro atoms. The molecule has 6 aromatic carbocycles. The van der Waals surface area contributed by atoms with Crippen LogP contribution in [0.5, 0.6) is 0 Å². The number of para-hydroxylation sites is 3. The summed E-state index contributed by atoms with van der Waals surface area (Å²) in [7, 11) is 0. The Morgan fingerprint density at radius 1 is 0.425 bits per heavy atom. The molecule has 2 aliphatic heterocycles. The molecular formula is C36H23BN2S. The smallest absolute Gasteiger partial charge is 0.252 e. The van der Waals surface area contributed by atoms with E-state index in [4.69, 9.17) is 0 Å². The summed E-state index contributed by atoms with van der Waals surface area (Å²) >= 11 is 1.88. The summed E-state index contributed by atoms with van der Waals surface area (Å²) in [5.41, 5.74) is 11.4. The fourth-order valence-corrected chi connectivity index (χ4v) is 7.96. The van der Waals surface area contributed by atoms with Crippen LogP contribution < -0.4 is 26.2 Å². The molecule has 40 heavy (non-hydrogen) atoms. The fraction of sp³-hybridized carbons (Fsp3) is 0. The number of nitrogens with zero attached hydrogens (tertiary/aromatic N) is 2. The van der Waals surface area contributed by atoms with Crippen molar-refractivity contribution in [2.24, 2.45) is 0 Å². The van der Waals surface area contributed by atoms with Gasteiger partial charge >= 0.3 is 0 Å². The minimum atomic E-state index is 0.169. The van der Waals surface area contributed by atoms with Crippen LogP contribution in [-0.2, 0) is 0 Å². The van der Waals surface area contributed by atoms with Gasteiger partial charge in [-0.25, -0.2) is 0 Å². The second-order valence-corrected chi connectivity index (χ2v) is 11.6. The van der Waals surface area contributed by atoms with Gasteiger partial charge in [0.25, 0.3) is 6.71 Å². The highest BCUT2D eigenvalue weighted by molar-refractivity contribution is 7.25. The second-order valence-electron chi connectivity index (χ2n) is 10.5. The topological polar surface area (TPSA) is 6.48 Å². The number of hydrogen-bond donors (Lipinski definition) is 0. The Balaban J connectivity index is 1.33. The molecular weight excluding hydrogens is 503 g/mol. The van der Waals surface area contributed by atoms with Crippen molar-refractivity contribution in [3.05, 3.63) is 140 Å². The van der Waals surface area contributed by atoms with E-state index in [2.05, 4.69) is 149 Å². The average molecular weight is 526 g/mol. The van der Waals surface area contributed by atoms with E-state index in [1.54, 1.807) is 0 Å². The van der Waals surface area contributed by atoms with Gasteiger partial charge in [0.05, 0.1) is 0 Å². The molecule has 186 valence electrons.